The van der Waals surface area contributed by atoms with Gasteiger partial charge in [-0.25, -0.2) is 4.79 Å². The predicted molar refractivity (Wildman–Crippen MR) is 107 cm³/mol. The van der Waals surface area contributed by atoms with E-state index in [2.05, 4.69) is 4.98 Å². The van der Waals surface area contributed by atoms with Gasteiger partial charge in [-0.15, -0.1) is 0 Å². The van der Waals surface area contributed by atoms with Crippen molar-refractivity contribution in [3.8, 4) is 17.2 Å². The normalized spacial score (nSPS) is 14.9. The third-order valence-electron chi connectivity index (χ3n) is 5.12. The Morgan fingerprint density at radius 1 is 1.17 bits per heavy atom. The maximum Gasteiger partial charge on any atom is 0.343 e. The summed E-state index contributed by atoms with van der Waals surface area (Å²) in [4.78, 5) is 30.2. The minimum atomic E-state index is -1.06. The molecule has 0 bridgehead atoms. The molecule has 0 amide bonds. The Bertz CT molecular complexity index is 1190. The second-order valence-corrected chi connectivity index (χ2v) is 6.85. The van der Waals surface area contributed by atoms with Crippen LogP contribution < -0.4 is 15.0 Å². The molecule has 2 aromatic heterocycles. The fourth-order valence-electron chi connectivity index (χ4n) is 3.68. The number of carbonyl (C=O) groups is 1. The van der Waals surface area contributed by atoms with Gasteiger partial charge in [0.05, 0.1) is 26.5 Å². The van der Waals surface area contributed by atoms with Crippen LogP contribution in [0.1, 0.15) is 39.0 Å². The lowest BCUT2D eigenvalue weighted by molar-refractivity contribution is 0.0448. The van der Waals surface area contributed by atoms with Crippen molar-refractivity contribution in [1.29, 1.82) is 0 Å². The van der Waals surface area contributed by atoms with Gasteiger partial charge in [0.15, 0.2) is 17.6 Å². The number of hydrogen-bond donors (Lipinski definition) is 1. The lowest BCUT2D eigenvalue weighted by Crippen LogP contribution is -2.28. The molecule has 1 atom stereocenters. The zero-order chi connectivity index (χ0) is 21.4. The van der Waals surface area contributed by atoms with E-state index in [0.717, 1.165) is 0 Å². The first-order chi connectivity index (χ1) is 14.5. The van der Waals surface area contributed by atoms with E-state index in [-0.39, 0.29) is 29.2 Å². The standard InChI is InChI=1S/C22H20N2O6/c1-12-10-15(25)18(21(26)24(12)11-13-6-4-5-9-23-13)19-14-7-8-16(28-2)20(29-3)17(14)22(27)30-19/h4-10,19,25H,11H2,1-3H3/t19-/m1/s1. The fourth-order valence-corrected chi connectivity index (χ4v) is 3.68. The summed E-state index contributed by atoms with van der Waals surface area (Å²) in [6.45, 7) is 1.94. The lowest BCUT2D eigenvalue weighted by atomic mass is 9.98. The van der Waals surface area contributed by atoms with E-state index in [1.54, 1.807) is 37.4 Å². The van der Waals surface area contributed by atoms with Gasteiger partial charge in [-0.2, -0.15) is 0 Å². The second-order valence-electron chi connectivity index (χ2n) is 6.85. The molecule has 8 heteroatoms. The van der Waals surface area contributed by atoms with Crippen LogP contribution in [0.2, 0.25) is 0 Å². The summed E-state index contributed by atoms with van der Waals surface area (Å²) in [6.07, 6.45) is 0.585. The lowest BCUT2D eigenvalue weighted by Gasteiger charge is -2.17. The number of methoxy groups -OCH3 is 2. The SMILES string of the molecule is COc1ccc2c(c1OC)C(=O)O[C@H]2c1c(O)cc(C)n(Cc2ccccn2)c1=O. The number of fused-ring (bicyclic) bond motifs is 1. The number of esters is 1. The molecule has 1 aliphatic heterocycles. The molecule has 3 heterocycles. The monoisotopic (exact) mass is 408 g/mol. The smallest absolute Gasteiger partial charge is 0.343 e. The second kappa shape index (κ2) is 7.55. The molecule has 30 heavy (non-hydrogen) atoms. The summed E-state index contributed by atoms with van der Waals surface area (Å²) in [6, 6.07) is 10.2. The first-order valence-electron chi connectivity index (χ1n) is 9.25. The minimum absolute atomic E-state index is 0.0177. The van der Waals surface area contributed by atoms with Gasteiger partial charge >= 0.3 is 5.97 Å². The first kappa shape index (κ1) is 19.5. The van der Waals surface area contributed by atoms with Crippen LogP contribution in [-0.4, -0.2) is 34.8 Å². The van der Waals surface area contributed by atoms with Gasteiger partial charge in [0.1, 0.15) is 16.9 Å². The average molecular weight is 408 g/mol. The van der Waals surface area contributed by atoms with Gasteiger partial charge in [0, 0.05) is 17.5 Å². The topological polar surface area (TPSA) is 99.9 Å². The molecule has 4 rings (SSSR count). The minimum Gasteiger partial charge on any atom is -0.507 e. The van der Waals surface area contributed by atoms with Crippen molar-refractivity contribution in [3.05, 3.63) is 81.0 Å². The van der Waals surface area contributed by atoms with E-state index in [4.69, 9.17) is 14.2 Å². The molecule has 0 aliphatic carbocycles. The maximum absolute atomic E-state index is 13.3. The molecule has 0 saturated carbocycles. The molecule has 1 N–H and O–H groups in total. The number of benzene rings is 1. The Morgan fingerprint density at radius 3 is 2.63 bits per heavy atom. The Morgan fingerprint density at radius 2 is 1.97 bits per heavy atom. The van der Waals surface area contributed by atoms with Crippen molar-refractivity contribution in [3.63, 3.8) is 0 Å². The molecule has 8 nitrogen and oxygen atoms in total. The van der Waals surface area contributed by atoms with Gasteiger partial charge in [-0.1, -0.05) is 12.1 Å². The van der Waals surface area contributed by atoms with Crippen molar-refractivity contribution in [2.45, 2.75) is 19.6 Å². The van der Waals surface area contributed by atoms with Crippen LogP contribution in [0.3, 0.4) is 0 Å². The third kappa shape index (κ3) is 3.06. The van der Waals surface area contributed by atoms with Crippen LogP contribution >= 0.6 is 0 Å². The number of aromatic hydroxyl groups is 1. The molecular formula is C22H20N2O6. The molecule has 154 valence electrons. The predicted octanol–water partition coefficient (Wildman–Crippen LogP) is 2.58. The van der Waals surface area contributed by atoms with E-state index in [1.807, 2.05) is 6.07 Å². The Hall–Kier alpha value is -3.81. The first-order valence-corrected chi connectivity index (χ1v) is 9.25. The highest BCUT2D eigenvalue weighted by Gasteiger charge is 2.39. The van der Waals surface area contributed by atoms with E-state index < -0.39 is 17.6 Å². The van der Waals surface area contributed by atoms with Crippen LogP contribution in [0.4, 0.5) is 0 Å². The quantitative estimate of drug-likeness (QED) is 0.648. The van der Waals surface area contributed by atoms with Crippen molar-refractivity contribution < 1.29 is 24.1 Å². The number of aromatic nitrogens is 2. The summed E-state index contributed by atoms with van der Waals surface area (Å²) >= 11 is 0. The highest BCUT2D eigenvalue weighted by Crippen LogP contribution is 2.45. The summed E-state index contributed by atoms with van der Waals surface area (Å²) < 4.78 is 17.6. The highest BCUT2D eigenvalue weighted by molar-refractivity contribution is 5.98. The average Bonchev–Trinajstić information content (AvgIpc) is 3.07. The van der Waals surface area contributed by atoms with E-state index >= 15 is 0 Å². The zero-order valence-corrected chi connectivity index (χ0v) is 16.7. The number of hydrogen-bond acceptors (Lipinski definition) is 7. The van der Waals surface area contributed by atoms with Gasteiger partial charge in [0.2, 0.25) is 0 Å². The number of nitrogens with zero attached hydrogens (tertiary/aromatic N) is 2. The number of ether oxygens (including phenoxy) is 3. The number of aryl methyl sites for hydroxylation is 1. The van der Waals surface area contributed by atoms with Crippen molar-refractivity contribution in [2.24, 2.45) is 0 Å². The summed E-state index contributed by atoms with van der Waals surface area (Å²) in [5.41, 5.74) is 1.38. The molecule has 0 unspecified atom stereocenters. The number of pyridine rings is 2. The molecule has 3 aromatic rings. The van der Waals surface area contributed by atoms with Crippen LogP contribution in [0.25, 0.3) is 0 Å². The van der Waals surface area contributed by atoms with E-state index in [1.165, 1.54) is 24.9 Å². The molecular weight excluding hydrogens is 388 g/mol. The van der Waals surface area contributed by atoms with Crippen LogP contribution in [0.5, 0.6) is 17.2 Å². The molecule has 0 radical (unpaired) electrons. The molecule has 0 spiro atoms. The number of cyclic esters (lactones) is 1. The Balaban J connectivity index is 1.86. The van der Waals surface area contributed by atoms with Crippen LogP contribution in [0.15, 0.2) is 47.4 Å². The van der Waals surface area contributed by atoms with Gasteiger partial charge in [-0.3, -0.25) is 9.78 Å². The molecule has 0 saturated heterocycles. The van der Waals surface area contributed by atoms with Crippen molar-refractivity contribution >= 4 is 5.97 Å². The summed E-state index contributed by atoms with van der Waals surface area (Å²) in [5, 5.41) is 10.6. The largest absolute Gasteiger partial charge is 0.507 e. The summed E-state index contributed by atoms with van der Waals surface area (Å²) in [5.74, 6) is -0.297. The van der Waals surface area contributed by atoms with Crippen LogP contribution in [0, 0.1) is 6.92 Å². The number of carbonyl (C=O) groups excluding carboxylic acids is 1. The fraction of sp³-hybridized carbons (Fsp3) is 0.227. The zero-order valence-electron chi connectivity index (χ0n) is 16.7. The molecule has 0 fully saturated rings. The van der Waals surface area contributed by atoms with Gasteiger partial charge < -0.3 is 23.9 Å². The number of rotatable bonds is 5. The van der Waals surface area contributed by atoms with E-state index in [0.29, 0.717) is 22.7 Å². The van der Waals surface area contributed by atoms with Crippen LogP contribution in [-0.2, 0) is 11.3 Å². The van der Waals surface area contributed by atoms with Crippen molar-refractivity contribution in [1.82, 2.24) is 9.55 Å². The Labute approximate surface area is 172 Å². The Kier molecular flexibility index (Phi) is 4.91. The molecule has 1 aromatic carbocycles. The molecule has 1 aliphatic rings. The van der Waals surface area contributed by atoms with Gasteiger partial charge in [-0.05, 0) is 31.2 Å². The van der Waals surface area contributed by atoms with Gasteiger partial charge in [0.25, 0.3) is 5.56 Å². The van der Waals surface area contributed by atoms with E-state index in [9.17, 15) is 14.7 Å². The maximum atomic E-state index is 13.3. The van der Waals surface area contributed by atoms with Crippen molar-refractivity contribution in [2.75, 3.05) is 14.2 Å². The summed E-state index contributed by atoms with van der Waals surface area (Å²) in [7, 11) is 2.88. The highest BCUT2D eigenvalue weighted by atomic mass is 16.6. The third-order valence-corrected chi connectivity index (χ3v) is 5.12.